The third kappa shape index (κ3) is 12.5. The molecular formula is C44H44N6Na2O20S2. The van der Waals surface area contributed by atoms with E-state index in [1.807, 2.05) is 0 Å². The van der Waals surface area contributed by atoms with Gasteiger partial charge in [-0.15, -0.1) is 23.5 Å². The van der Waals surface area contributed by atoms with E-state index in [0.29, 0.717) is 25.7 Å². The molecule has 30 heteroatoms. The van der Waals surface area contributed by atoms with Crippen LogP contribution in [0, 0.1) is 0 Å². The summed E-state index contributed by atoms with van der Waals surface area (Å²) in [7, 11) is 0. The molecule has 0 bridgehead atoms. The molecule has 0 spiro atoms. The minimum atomic E-state index is -1.61. The van der Waals surface area contributed by atoms with E-state index in [2.05, 4.69) is 20.9 Å². The SMILES string of the molecule is CC(=O)OCC1=C(C(=O)[O-])N2C(=O)[C@@H](NC(=O)C(=NOC3(C(=O)O)CCCC3)c3ccco3)[C@H]2SC1.CC(=O)OCC1=C(C(=O)[O-])N2C(=O)[C@@H](NC(=O)C(=NOC3(C(=O)O)CCCC3)c3ccco3)[C@H]2SC1.[Na+].[Na+]. The van der Waals surface area contributed by atoms with Gasteiger partial charge in [-0.05, 0) is 49.9 Å². The molecule has 6 heterocycles. The van der Waals surface area contributed by atoms with E-state index in [0.717, 1.165) is 9.80 Å². The number of β-lactam (4-membered cyclic amide) rings is 2. The van der Waals surface area contributed by atoms with E-state index in [1.54, 1.807) is 0 Å². The largest absolute Gasteiger partial charge is 1.00 e. The number of aliphatic carboxylic acids is 4. The molecule has 2 aliphatic carbocycles. The van der Waals surface area contributed by atoms with E-state index < -0.39 is 105 Å². The van der Waals surface area contributed by atoms with Gasteiger partial charge in [0.2, 0.25) is 22.6 Å². The smallest absolute Gasteiger partial charge is 0.543 e. The van der Waals surface area contributed by atoms with E-state index in [-0.39, 0.29) is 144 Å². The zero-order valence-corrected chi connectivity index (χ0v) is 45.7. The summed E-state index contributed by atoms with van der Waals surface area (Å²) in [6, 6.07) is 3.63. The van der Waals surface area contributed by atoms with Gasteiger partial charge in [0.05, 0.1) is 35.9 Å². The van der Waals surface area contributed by atoms with Gasteiger partial charge in [0.1, 0.15) is 36.0 Å². The van der Waals surface area contributed by atoms with Crippen molar-refractivity contribution in [2.75, 3.05) is 24.7 Å². The van der Waals surface area contributed by atoms with E-state index in [4.69, 9.17) is 28.0 Å². The number of ether oxygens (including phenoxy) is 2. The second-order valence-corrected chi connectivity index (χ2v) is 19.0. The maximum Gasteiger partial charge on any atom is 1.00 e. The Hall–Kier alpha value is -5.62. The first kappa shape index (κ1) is 59.3. The minimum Gasteiger partial charge on any atom is -0.543 e. The maximum atomic E-state index is 13.1. The number of fused-ring (bicyclic) bond motifs is 2. The number of furan rings is 2. The monoisotopic (exact) mass is 1090 g/mol. The van der Waals surface area contributed by atoms with Gasteiger partial charge in [0.25, 0.3) is 23.6 Å². The fourth-order valence-electron chi connectivity index (χ4n) is 8.43. The fraction of sp³-hybridized carbons (Fsp3) is 0.455. The van der Waals surface area contributed by atoms with Crippen molar-refractivity contribution in [3.8, 4) is 0 Å². The van der Waals surface area contributed by atoms with Crippen LogP contribution in [-0.4, -0.2) is 150 Å². The summed E-state index contributed by atoms with van der Waals surface area (Å²) in [5.41, 5.74) is -4.26. The Balaban J connectivity index is 0.000000267. The van der Waals surface area contributed by atoms with E-state index >= 15 is 0 Å². The van der Waals surface area contributed by atoms with Crippen molar-refractivity contribution >= 4 is 94.4 Å². The molecule has 2 aromatic heterocycles. The van der Waals surface area contributed by atoms with Gasteiger partial charge < -0.3 is 68.6 Å². The topological polar surface area (TPSA) is 376 Å². The van der Waals surface area contributed by atoms with Crippen LogP contribution in [0.4, 0.5) is 0 Å². The van der Waals surface area contributed by atoms with Crippen molar-refractivity contribution in [1.29, 1.82) is 0 Å². The number of esters is 2. The molecule has 4 N–H and O–H groups in total. The van der Waals surface area contributed by atoms with Crippen molar-refractivity contribution in [1.82, 2.24) is 20.4 Å². The summed E-state index contributed by atoms with van der Waals surface area (Å²) in [6.07, 6.45) is 5.98. The standard InChI is InChI=1S/2C22H23N3O10S.2Na/c2*1-11(26)34-9-12-10-36-19-15(18(28)25(19)16(12)20(29)30)23-17(27)14(13-5-4-8-33-13)24-35-22(21(31)32)6-2-3-7-22;;/h2*4-5,8,15,19H,2-3,6-7,9-10H2,1H3,(H,23,27)(H,29,30)(H,31,32);;/q;;2*+1/p-2/t2*15-,19-;;/m11../s1. The van der Waals surface area contributed by atoms with Gasteiger partial charge in [-0.3, -0.25) is 38.6 Å². The molecule has 4 amide bonds. The number of nitrogens with one attached hydrogen (secondary N) is 2. The second kappa shape index (κ2) is 25.3. The number of thioether (sulfide) groups is 2. The fourth-order valence-corrected chi connectivity index (χ4v) is 11.1. The Morgan fingerprint density at radius 1 is 0.662 bits per heavy atom. The predicted molar refractivity (Wildman–Crippen MR) is 238 cm³/mol. The molecule has 0 radical (unpaired) electrons. The summed E-state index contributed by atoms with van der Waals surface area (Å²) in [5.74, 6) is -9.76. The first-order valence-electron chi connectivity index (χ1n) is 22.0. The number of carbonyl (C=O) groups is 10. The molecule has 2 aromatic rings. The minimum absolute atomic E-state index is 0. The van der Waals surface area contributed by atoms with Gasteiger partial charge in [-0.2, -0.15) is 0 Å². The number of oxime groups is 2. The number of amides is 4. The normalized spacial score (nSPS) is 22.4. The van der Waals surface area contributed by atoms with Crippen molar-refractivity contribution in [3.05, 3.63) is 70.9 Å². The van der Waals surface area contributed by atoms with Crippen LogP contribution in [0.3, 0.4) is 0 Å². The van der Waals surface area contributed by atoms with Crippen LogP contribution >= 0.6 is 23.5 Å². The van der Waals surface area contributed by atoms with Crippen LogP contribution in [0.5, 0.6) is 0 Å². The van der Waals surface area contributed by atoms with Crippen LogP contribution in [0.2, 0.25) is 0 Å². The Kier molecular flexibility index (Phi) is 20.2. The van der Waals surface area contributed by atoms with Crippen LogP contribution < -0.4 is 80.0 Å². The van der Waals surface area contributed by atoms with Crippen molar-refractivity contribution in [2.45, 2.75) is 99.2 Å². The van der Waals surface area contributed by atoms with Gasteiger partial charge in [-0.1, -0.05) is 10.3 Å². The second-order valence-electron chi connectivity index (χ2n) is 16.8. The number of carboxylic acid groups (broad SMARTS) is 4. The molecular weight excluding hydrogens is 1040 g/mol. The molecule has 4 aliphatic heterocycles. The molecule has 4 atom stereocenters. The van der Waals surface area contributed by atoms with Gasteiger partial charge in [0, 0.05) is 62.2 Å². The molecule has 8 rings (SSSR count). The Morgan fingerprint density at radius 3 is 1.30 bits per heavy atom. The van der Waals surface area contributed by atoms with Crippen LogP contribution in [0.25, 0.3) is 0 Å². The molecule has 0 unspecified atom stereocenters. The zero-order valence-electron chi connectivity index (χ0n) is 40.1. The predicted octanol–water partition coefficient (Wildman–Crippen LogP) is -7.26. The van der Waals surface area contributed by atoms with Crippen LogP contribution in [-0.2, 0) is 67.1 Å². The van der Waals surface area contributed by atoms with Gasteiger partial charge in [-0.25, -0.2) is 9.59 Å². The van der Waals surface area contributed by atoms with Crippen LogP contribution in [0.1, 0.15) is 76.7 Å². The molecule has 2 saturated heterocycles. The molecule has 74 heavy (non-hydrogen) atoms. The summed E-state index contributed by atoms with van der Waals surface area (Å²) < 4.78 is 20.2. The third-order valence-corrected chi connectivity index (χ3v) is 14.8. The summed E-state index contributed by atoms with van der Waals surface area (Å²) in [4.78, 5) is 134. The average molecular weight is 1090 g/mol. The Bertz CT molecular complexity index is 2500. The van der Waals surface area contributed by atoms with Gasteiger partial charge in [0.15, 0.2) is 11.5 Å². The number of carbonyl (C=O) groups excluding carboxylic acids is 8. The quantitative estimate of drug-likeness (QED) is 0.0354. The summed E-state index contributed by atoms with van der Waals surface area (Å²) in [6.45, 7) is 1.73. The number of hydrogen-bond donors (Lipinski definition) is 4. The van der Waals surface area contributed by atoms with Gasteiger partial charge >= 0.3 is 83.0 Å². The van der Waals surface area contributed by atoms with Crippen molar-refractivity contribution < 1.29 is 155 Å². The Morgan fingerprint density at radius 2 is 1.01 bits per heavy atom. The molecule has 2 saturated carbocycles. The molecule has 6 aliphatic rings. The number of carboxylic acids is 4. The van der Waals surface area contributed by atoms with Crippen LogP contribution in [0.15, 0.2) is 78.5 Å². The maximum absolute atomic E-state index is 13.1. The van der Waals surface area contributed by atoms with Crippen molar-refractivity contribution in [2.24, 2.45) is 10.3 Å². The van der Waals surface area contributed by atoms with E-state index in [9.17, 15) is 68.4 Å². The number of nitrogens with zero attached hydrogens (tertiary/aromatic N) is 4. The first-order chi connectivity index (χ1) is 34.3. The zero-order chi connectivity index (χ0) is 52.1. The number of hydrogen-bond acceptors (Lipinski definition) is 22. The van der Waals surface area contributed by atoms with Crippen molar-refractivity contribution in [3.63, 3.8) is 0 Å². The average Bonchev–Trinajstić information content (AvgIpc) is 4.21. The molecule has 4 fully saturated rings. The van der Waals surface area contributed by atoms with E-state index in [1.165, 1.54) is 74.2 Å². The first-order valence-corrected chi connectivity index (χ1v) is 24.1. The molecule has 26 nitrogen and oxygen atoms in total. The molecule has 0 aromatic carbocycles. The molecule has 384 valence electrons. The summed E-state index contributed by atoms with van der Waals surface area (Å²) >= 11 is 2.34. The third-order valence-electron chi connectivity index (χ3n) is 12.1. The Labute approximate surface area is 471 Å². The summed E-state index contributed by atoms with van der Waals surface area (Å²) in [5, 5.41) is 53.8. The number of rotatable bonds is 18.